The van der Waals surface area contributed by atoms with Gasteiger partial charge >= 0.3 is 0 Å². The SMILES string of the molecule is C1CC2CCC12.C=CCN. The molecule has 0 aliphatic heterocycles. The van der Waals surface area contributed by atoms with Gasteiger partial charge in [0.2, 0.25) is 0 Å². The van der Waals surface area contributed by atoms with Crippen LogP contribution in [0.15, 0.2) is 12.7 Å². The van der Waals surface area contributed by atoms with Gasteiger partial charge in [0.25, 0.3) is 0 Å². The summed E-state index contributed by atoms with van der Waals surface area (Å²) in [6, 6.07) is 0. The summed E-state index contributed by atoms with van der Waals surface area (Å²) in [5, 5.41) is 0. The molecular formula is C9H17N. The third-order valence-electron chi connectivity index (χ3n) is 2.65. The molecule has 0 unspecified atom stereocenters. The van der Waals surface area contributed by atoms with Gasteiger partial charge in [0.15, 0.2) is 0 Å². The van der Waals surface area contributed by atoms with Gasteiger partial charge in [-0.05, 0) is 37.5 Å². The fourth-order valence-electron chi connectivity index (χ4n) is 1.56. The molecule has 2 saturated carbocycles. The molecule has 58 valence electrons. The molecule has 0 spiro atoms. The first-order chi connectivity index (χ1) is 4.88. The third kappa shape index (κ3) is 1.60. The Balaban J connectivity index is 0.000000112. The van der Waals surface area contributed by atoms with E-state index in [0.29, 0.717) is 6.54 Å². The predicted molar refractivity (Wildman–Crippen MR) is 44.7 cm³/mol. The van der Waals surface area contributed by atoms with Crippen LogP contribution in [0.4, 0.5) is 0 Å². The molecule has 1 nitrogen and oxygen atoms in total. The second-order valence-corrected chi connectivity index (χ2v) is 3.20. The lowest BCUT2D eigenvalue weighted by Gasteiger charge is -2.46. The Labute approximate surface area is 63.3 Å². The highest BCUT2D eigenvalue weighted by Crippen LogP contribution is 2.49. The molecule has 0 radical (unpaired) electrons. The molecule has 0 saturated heterocycles. The third-order valence-corrected chi connectivity index (χ3v) is 2.65. The second kappa shape index (κ2) is 3.77. The summed E-state index contributed by atoms with van der Waals surface area (Å²) in [7, 11) is 0. The maximum absolute atomic E-state index is 4.91. The first kappa shape index (κ1) is 7.80. The first-order valence-corrected chi connectivity index (χ1v) is 4.19. The molecule has 0 heterocycles. The van der Waals surface area contributed by atoms with Crippen molar-refractivity contribution in [2.24, 2.45) is 17.6 Å². The molecule has 0 atom stereocenters. The average molecular weight is 139 g/mol. The van der Waals surface area contributed by atoms with Gasteiger partial charge in [-0.15, -0.1) is 6.58 Å². The van der Waals surface area contributed by atoms with E-state index in [1.165, 1.54) is 11.8 Å². The van der Waals surface area contributed by atoms with Crippen molar-refractivity contribution in [2.75, 3.05) is 6.54 Å². The van der Waals surface area contributed by atoms with Crippen molar-refractivity contribution >= 4 is 0 Å². The predicted octanol–water partition coefficient (Wildman–Crippen LogP) is 1.94. The van der Waals surface area contributed by atoms with E-state index >= 15 is 0 Å². The Morgan fingerprint density at radius 1 is 1.20 bits per heavy atom. The second-order valence-electron chi connectivity index (χ2n) is 3.20. The van der Waals surface area contributed by atoms with Crippen molar-refractivity contribution in [1.29, 1.82) is 0 Å². The Hall–Kier alpha value is -0.300. The van der Waals surface area contributed by atoms with E-state index in [2.05, 4.69) is 6.58 Å². The number of hydrogen-bond donors (Lipinski definition) is 1. The zero-order valence-corrected chi connectivity index (χ0v) is 6.55. The van der Waals surface area contributed by atoms with Gasteiger partial charge in [0.05, 0.1) is 0 Å². The Morgan fingerprint density at radius 3 is 1.50 bits per heavy atom. The molecule has 0 bridgehead atoms. The van der Waals surface area contributed by atoms with Crippen molar-refractivity contribution in [1.82, 2.24) is 0 Å². The topological polar surface area (TPSA) is 26.0 Å². The van der Waals surface area contributed by atoms with E-state index in [1.54, 1.807) is 31.8 Å². The maximum Gasteiger partial charge on any atom is 0.0104 e. The monoisotopic (exact) mass is 139 g/mol. The van der Waals surface area contributed by atoms with Crippen LogP contribution < -0.4 is 5.73 Å². The highest BCUT2D eigenvalue weighted by molar-refractivity contribution is 4.89. The van der Waals surface area contributed by atoms with Crippen LogP contribution >= 0.6 is 0 Å². The number of fused-ring (bicyclic) bond motifs is 1. The van der Waals surface area contributed by atoms with Crippen molar-refractivity contribution < 1.29 is 0 Å². The van der Waals surface area contributed by atoms with Gasteiger partial charge in [0, 0.05) is 6.54 Å². The molecule has 2 fully saturated rings. The van der Waals surface area contributed by atoms with Crippen molar-refractivity contribution in [2.45, 2.75) is 25.7 Å². The Kier molecular flexibility index (Phi) is 2.94. The van der Waals surface area contributed by atoms with Crippen molar-refractivity contribution in [3.8, 4) is 0 Å². The molecular weight excluding hydrogens is 122 g/mol. The van der Waals surface area contributed by atoms with Crippen LogP contribution in [0.25, 0.3) is 0 Å². The summed E-state index contributed by atoms with van der Waals surface area (Å²) >= 11 is 0. The van der Waals surface area contributed by atoms with Crippen LogP contribution in [-0.4, -0.2) is 6.54 Å². The van der Waals surface area contributed by atoms with Gasteiger partial charge in [0.1, 0.15) is 0 Å². The van der Waals surface area contributed by atoms with Crippen molar-refractivity contribution in [3.63, 3.8) is 0 Å². The Morgan fingerprint density at radius 2 is 1.50 bits per heavy atom. The van der Waals surface area contributed by atoms with E-state index in [1.807, 2.05) is 0 Å². The lowest BCUT2D eigenvalue weighted by Crippen LogP contribution is -2.34. The van der Waals surface area contributed by atoms with E-state index < -0.39 is 0 Å². The molecule has 0 aromatic rings. The van der Waals surface area contributed by atoms with Crippen LogP contribution in [-0.2, 0) is 0 Å². The van der Waals surface area contributed by atoms with Crippen molar-refractivity contribution in [3.05, 3.63) is 12.7 Å². The lowest BCUT2D eigenvalue weighted by atomic mass is 9.60. The van der Waals surface area contributed by atoms with E-state index in [0.717, 1.165) is 0 Å². The molecule has 2 aliphatic rings. The highest BCUT2D eigenvalue weighted by atomic mass is 14.5. The lowest BCUT2D eigenvalue weighted by molar-refractivity contribution is 0.0548. The molecule has 2 aliphatic carbocycles. The van der Waals surface area contributed by atoms with Gasteiger partial charge in [-0.3, -0.25) is 0 Å². The maximum atomic E-state index is 4.91. The molecule has 0 aromatic heterocycles. The minimum atomic E-state index is 0.583. The van der Waals surface area contributed by atoms with Crippen LogP contribution in [0.5, 0.6) is 0 Å². The van der Waals surface area contributed by atoms with E-state index in [4.69, 9.17) is 5.73 Å². The minimum Gasteiger partial charge on any atom is -0.327 e. The van der Waals surface area contributed by atoms with E-state index in [-0.39, 0.29) is 0 Å². The summed E-state index contributed by atoms with van der Waals surface area (Å²) in [6.07, 6.45) is 7.89. The van der Waals surface area contributed by atoms with Gasteiger partial charge in [-0.2, -0.15) is 0 Å². The summed E-state index contributed by atoms with van der Waals surface area (Å²) < 4.78 is 0. The molecule has 0 aromatic carbocycles. The van der Waals surface area contributed by atoms with Gasteiger partial charge in [-0.25, -0.2) is 0 Å². The molecule has 2 N–H and O–H groups in total. The standard InChI is InChI=1S/C6H10.C3H7N/c1-2-6-4-3-5(1)6;1-2-3-4/h5-6H,1-4H2;2H,1,3-4H2. The van der Waals surface area contributed by atoms with Crippen LogP contribution in [0.1, 0.15) is 25.7 Å². The number of nitrogens with two attached hydrogens (primary N) is 1. The zero-order chi connectivity index (χ0) is 7.40. The summed E-state index contributed by atoms with van der Waals surface area (Å²) in [5.41, 5.74) is 4.91. The van der Waals surface area contributed by atoms with Gasteiger partial charge in [-0.1, -0.05) is 6.08 Å². The molecule has 1 heteroatoms. The van der Waals surface area contributed by atoms with Crippen LogP contribution in [0, 0.1) is 11.8 Å². The summed E-state index contributed by atoms with van der Waals surface area (Å²) in [6.45, 7) is 3.94. The normalized spacial score (nSPS) is 33.7. The Bertz CT molecular complexity index is 91.3. The quantitative estimate of drug-likeness (QED) is 0.552. The zero-order valence-electron chi connectivity index (χ0n) is 6.55. The molecule has 10 heavy (non-hydrogen) atoms. The smallest absolute Gasteiger partial charge is 0.0104 e. The minimum absolute atomic E-state index is 0.583. The molecule has 0 amide bonds. The van der Waals surface area contributed by atoms with Gasteiger partial charge < -0.3 is 5.73 Å². The summed E-state index contributed by atoms with van der Waals surface area (Å²) in [5.74, 6) is 2.43. The summed E-state index contributed by atoms with van der Waals surface area (Å²) in [4.78, 5) is 0. The average Bonchev–Trinajstić information content (AvgIpc) is 1.97. The highest BCUT2D eigenvalue weighted by Gasteiger charge is 2.37. The molecule has 2 rings (SSSR count). The number of hydrogen-bond acceptors (Lipinski definition) is 1. The van der Waals surface area contributed by atoms with Crippen LogP contribution in [0.3, 0.4) is 0 Å². The van der Waals surface area contributed by atoms with E-state index in [9.17, 15) is 0 Å². The fraction of sp³-hybridized carbons (Fsp3) is 0.778. The number of rotatable bonds is 1. The first-order valence-electron chi connectivity index (χ1n) is 4.19. The largest absolute Gasteiger partial charge is 0.327 e. The fourth-order valence-corrected chi connectivity index (χ4v) is 1.56. The van der Waals surface area contributed by atoms with Crippen LogP contribution in [0.2, 0.25) is 0 Å².